The van der Waals surface area contributed by atoms with Gasteiger partial charge in [-0.05, 0) is 44.0 Å². The number of hydrogen-bond donors (Lipinski definition) is 1. The molecule has 88 valence electrons. The van der Waals surface area contributed by atoms with E-state index in [9.17, 15) is 0 Å². The largest absolute Gasteiger partial charge is 0.506 e. The molecule has 0 bridgehead atoms. The van der Waals surface area contributed by atoms with Crippen molar-refractivity contribution in [1.82, 2.24) is 9.88 Å². The molecule has 0 atom stereocenters. The van der Waals surface area contributed by atoms with Crippen molar-refractivity contribution in [2.24, 2.45) is 5.92 Å². The quantitative estimate of drug-likeness (QED) is 0.849. The Morgan fingerprint density at radius 1 is 1.38 bits per heavy atom. The van der Waals surface area contributed by atoms with Gasteiger partial charge in [0.1, 0.15) is 5.75 Å². The lowest BCUT2D eigenvalue weighted by Crippen LogP contribution is -2.33. The Hall–Kier alpha value is -1.09. The number of nitrogens with zero attached hydrogens (tertiary/aromatic N) is 2. The van der Waals surface area contributed by atoms with Gasteiger partial charge < -0.3 is 5.11 Å². The first-order valence-electron chi connectivity index (χ1n) is 6.14. The smallest absolute Gasteiger partial charge is 0.133 e. The molecule has 2 heterocycles. The second kappa shape index (κ2) is 5.30. The summed E-state index contributed by atoms with van der Waals surface area (Å²) in [7, 11) is 0. The molecule has 0 radical (unpaired) electrons. The van der Waals surface area contributed by atoms with Crippen molar-refractivity contribution in [3.8, 4) is 5.75 Å². The van der Waals surface area contributed by atoms with Gasteiger partial charge >= 0.3 is 0 Å². The van der Waals surface area contributed by atoms with Gasteiger partial charge in [-0.15, -0.1) is 0 Å². The van der Waals surface area contributed by atoms with Crippen LogP contribution in [0.2, 0.25) is 0 Å². The molecule has 0 spiro atoms. The zero-order chi connectivity index (χ0) is 11.4. The fourth-order valence-corrected chi connectivity index (χ4v) is 2.29. The van der Waals surface area contributed by atoms with E-state index in [1.54, 1.807) is 6.07 Å². The molecular weight excluding hydrogens is 200 g/mol. The van der Waals surface area contributed by atoms with Crippen molar-refractivity contribution in [3.63, 3.8) is 0 Å². The monoisotopic (exact) mass is 220 g/mol. The number of hydrogen-bond acceptors (Lipinski definition) is 3. The van der Waals surface area contributed by atoms with Gasteiger partial charge in [-0.1, -0.05) is 13.3 Å². The fraction of sp³-hybridized carbons (Fsp3) is 0.615. The van der Waals surface area contributed by atoms with Gasteiger partial charge in [-0.2, -0.15) is 0 Å². The van der Waals surface area contributed by atoms with Crippen molar-refractivity contribution in [2.75, 3.05) is 13.1 Å². The van der Waals surface area contributed by atoms with Crippen molar-refractivity contribution in [2.45, 2.75) is 32.7 Å². The Kier molecular flexibility index (Phi) is 3.78. The van der Waals surface area contributed by atoms with Gasteiger partial charge in [0.2, 0.25) is 0 Å². The van der Waals surface area contributed by atoms with Gasteiger partial charge in [0.25, 0.3) is 0 Å². The first-order chi connectivity index (χ1) is 7.78. The minimum atomic E-state index is 0.244. The SMILES string of the molecule is CCC1CCN(Cc2ccc(O)cn2)CC1. The molecule has 1 saturated heterocycles. The van der Waals surface area contributed by atoms with Gasteiger partial charge in [-0.25, -0.2) is 0 Å². The zero-order valence-electron chi connectivity index (χ0n) is 9.89. The van der Waals surface area contributed by atoms with E-state index in [-0.39, 0.29) is 5.75 Å². The number of rotatable bonds is 3. The number of pyridine rings is 1. The van der Waals surface area contributed by atoms with Crippen LogP contribution in [-0.2, 0) is 6.54 Å². The lowest BCUT2D eigenvalue weighted by Gasteiger charge is -2.31. The molecule has 16 heavy (non-hydrogen) atoms. The predicted octanol–water partition coefficient (Wildman–Crippen LogP) is 2.41. The number of aromatic hydroxyl groups is 1. The Balaban J connectivity index is 1.84. The average Bonchev–Trinajstić information content (AvgIpc) is 2.33. The summed E-state index contributed by atoms with van der Waals surface area (Å²) < 4.78 is 0. The maximum atomic E-state index is 9.15. The molecule has 0 amide bonds. The van der Waals surface area contributed by atoms with Crippen LogP contribution in [0.25, 0.3) is 0 Å². The molecule has 0 saturated carbocycles. The predicted molar refractivity (Wildman–Crippen MR) is 64.2 cm³/mol. The van der Waals surface area contributed by atoms with E-state index in [1.165, 1.54) is 38.5 Å². The topological polar surface area (TPSA) is 36.4 Å². The molecule has 1 aliphatic rings. The lowest BCUT2D eigenvalue weighted by molar-refractivity contribution is 0.173. The molecule has 1 N–H and O–H groups in total. The van der Waals surface area contributed by atoms with Crippen molar-refractivity contribution < 1.29 is 5.11 Å². The van der Waals surface area contributed by atoms with E-state index in [1.807, 2.05) is 6.07 Å². The third-order valence-electron chi connectivity index (χ3n) is 3.48. The standard InChI is InChI=1S/C13H20N2O/c1-2-11-5-7-15(8-6-11)10-12-3-4-13(16)9-14-12/h3-4,9,11,16H,2,5-8,10H2,1H3. The van der Waals surface area contributed by atoms with E-state index in [4.69, 9.17) is 5.11 Å². The molecular formula is C13H20N2O. The molecule has 1 aliphatic heterocycles. The van der Waals surface area contributed by atoms with Crippen molar-refractivity contribution in [3.05, 3.63) is 24.0 Å². The molecule has 1 fully saturated rings. The second-order valence-corrected chi connectivity index (χ2v) is 4.64. The summed E-state index contributed by atoms with van der Waals surface area (Å²) in [6.07, 6.45) is 5.46. The zero-order valence-corrected chi connectivity index (χ0v) is 9.89. The molecule has 0 aliphatic carbocycles. The Labute approximate surface area is 97.1 Å². The van der Waals surface area contributed by atoms with E-state index in [0.717, 1.165) is 18.2 Å². The highest BCUT2D eigenvalue weighted by Gasteiger charge is 2.17. The van der Waals surface area contributed by atoms with Crippen LogP contribution in [0.15, 0.2) is 18.3 Å². The van der Waals surface area contributed by atoms with E-state index < -0.39 is 0 Å². The maximum Gasteiger partial charge on any atom is 0.133 e. The van der Waals surface area contributed by atoms with Gasteiger partial charge in [0, 0.05) is 6.54 Å². The van der Waals surface area contributed by atoms with Crippen LogP contribution in [0.3, 0.4) is 0 Å². The first-order valence-corrected chi connectivity index (χ1v) is 6.14. The van der Waals surface area contributed by atoms with Crippen molar-refractivity contribution >= 4 is 0 Å². The van der Waals surface area contributed by atoms with Gasteiger partial charge in [0.05, 0.1) is 11.9 Å². The summed E-state index contributed by atoms with van der Waals surface area (Å²) in [5.74, 6) is 1.16. The summed E-state index contributed by atoms with van der Waals surface area (Å²) in [6.45, 7) is 5.56. The van der Waals surface area contributed by atoms with Crippen LogP contribution >= 0.6 is 0 Å². The van der Waals surface area contributed by atoms with Crippen molar-refractivity contribution in [1.29, 1.82) is 0 Å². The van der Waals surface area contributed by atoms with Crippen LogP contribution in [0.4, 0.5) is 0 Å². The third-order valence-corrected chi connectivity index (χ3v) is 3.48. The summed E-state index contributed by atoms with van der Waals surface area (Å²) in [5, 5.41) is 9.15. The van der Waals surface area contributed by atoms with Crippen LogP contribution in [-0.4, -0.2) is 28.1 Å². The molecule has 0 unspecified atom stereocenters. The van der Waals surface area contributed by atoms with E-state index in [2.05, 4.69) is 16.8 Å². The highest BCUT2D eigenvalue weighted by atomic mass is 16.3. The molecule has 1 aromatic rings. The number of aromatic nitrogens is 1. The fourth-order valence-electron chi connectivity index (χ4n) is 2.29. The average molecular weight is 220 g/mol. The third kappa shape index (κ3) is 2.95. The van der Waals surface area contributed by atoms with Crippen LogP contribution in [0.1, 0.15) is 31.9 Å². The summed E-state index contributed by atoms with van der Waals surface area (Å²) >= 11 is 0. The van der Waals surface area contributed by atoms with Crippen LogP contribution < -0.4 is 0 Å². The van der Waals surface area contributed by atoms with E-state index in [0.29, 0.717) is 0 Å². The minimum Gasteiger partial charge on any atom is -0.506 e. The highest BCUT2D eigenvalue weighted by molar-refractivity contribution is 5.17. The Morgan fingerprint density at radius 3 is 2.69 bits per heavy atom. The lowest BCUT2D eigenvalue weighted by atomic mass is 9.94. The normalized spacial score (nSPS) is 18.8. The number of piperidine rings is 1. The number of likely N-dealkylation sites (tertiary alicyclic amines) is 1. The summed E-state index contributed by atoms with van der Waals surface area (Å²) in [6, 6.07) is 3.61. The van der Waals surface area contributed by atoms with E-state index >= 15 is 0 Å². The molecule has 2 rings (SSSR count). The molecule has 0 aromatic carbocycles. The van der Waals surface area contributed by atoms with Crippen LogP contribution in [0, 0.1) is 5.92 Å². The minimum absolute atomic E-state index is 0.244. The summed E-state index contributed by atoms with van der Waals surface area (Å²) in [4.78, 5) is 6.67. The maximum absolute atomic E-state index is 9.15. The Morgan fingerprint density at radius 2 is 2.12 bits per heavy atom. The highest BCUT2D eigenvalue weighted by Crippen LogP contribution is 2.21. The van der Waals surface area contributed by atoms with Crippen LogP contribution in [0.5, 0.6) is 5.75 Å². The second-order valence-electron chi connectivity index (χ2n) is 4.64. The summed E-state index contributed by atoms with van der Waals surface area (Å²) in [5.41, 5.74) is 1.05. The first kappa shape index (κ1) is 11.4. The molecule has 3 nitrogen and oxygen atoms in total. The Bertz CT molecular complexity index is 315. The molecule has 1 aromatic heterocycles. The van der Waals surface area contributed by atoms with Gasteiger partial charge in [-0.3, -0.25) is 9.88 Å². The molecule has 3 heteroatoms. The van der Waals surface area contributed by atoms with Gasteiger partial charge in [0.15, 0.2) is 0 Å².